The van der Waals surface area contributed by atoms with Gasteiger partial charge in [0.1, 0.15) is 0 Å². The number of hydrogen-bond donors (Lipinski definition) is 1. The lowest BCUT2D eigenvalue weighted by Crippen LogP contribution is -2.22. The summed E-state index contributed by atoms with van der Waals surface area (Å²) < 4.78 is 0. The summed E-state index contributed by atoms with van der Waals surface area (Å²) in [5, 5.41) is 3.25. The first-order valence-electron chi connectivity index (χ1n) is 4.39. The summed E-state index contributed by atoms with van der Waals surface area (Å²) in [4.78, 5) is 4.37. The zero-order valence-corrected chi connectivity index (χ0v) is 8.53. The van der Waals surface area contributed by atoms with Crippen LogP contribution in [0.15, 0.2) is 5.38 Å². The minimum Gasteiger partial charge on any atom is -0.327 e. The molecule has 1 unspecified atom stereocenters. The highest BCUT2D eigenvalue weighted by molar-refractivity contribution is 7.09. The van der Waals surface area contributed by atoms with Gasteiger partial charge in [-0.25, -0.2) is 4.98 Å². The molecule has 0 aliphatic carbocycles. The van der Waals surface area contributed by atoms with E-state index in [9.17, 15) is 0 Å². The molecule has 0 spiro atoms. The maximum atomic E-state index is 5.89. The van der Waals surface area contributed by atoms with Gasteiger partial charge in [0.2, 0.25) is 0 Å². The van der Waals surface area contributed by atoms with Gasteiger partial charge in [0.15, 0.2) is 0 Å². The van der Waals surface area contributed by atoms with E-state index in [4.69, 9.17) is 5.73 Å². The van der Waals surface area contributed by atoms with E-state index < -0.39 is 0 Å². The van der Waals surface area contributed by atoms with Crippen LogP contribution in [0, 0.1) is 6.92 Å². The average molecular weight is 184 g/mol. The average Bonchev–Trinajstić information content (AvgIpc) is 2.36. The van der Waals surface area contributed by atoms with Crippen molar-refractivity contribution >= 4 is 11.3 Å². The molecule has 0 amide bonds. The molecule has 2 nitrogen and oxygen atoms in total. The second-order valence-corrected chi connectivity index (χ2v) is 4.08. The molecule has 0 aliphatic rings. The number of rotatable bonds is 4. The van der Waals surface area contributed by atoms with Crippen LogP contribution in [0.2, 0.25) is 0 Å². The molecule has 0 bridgehead atoms. The SMILES string of the molecule is CCCC(N)Cc1nc(C)cs1. The normalized spacial score (nSPS) is 13.2. The van der Waals surface area contributed by atoms with Crippen molar-refractivity contribution in [1.29, 1.82) is 0 Å². The Morgan fingerprint density at radius 2 is 2.42 bits per heavy atom. The molecular weight excluding hydrogens is 168 g/mol. The van der Waals surface area contributed by atoms with Crippen LogP contribution in [0.4, 0.5) is 0 Å². The number of aromatic nitrogens is 1. The maximum absolute atomic E-state index is 5.89. The van der Waals surface area contributed by atoms with Crippen molar-refractivity contribution in [2.45, 2.75) is 39.2 Å². The third-order valence-corrected chi connectivity index (χ3v) is 2.75. The van der Waals surface area contributed by atoms with E-state index in [-0.39, 0.29) is 0 Å². The fourth-order valence-corrected chi connectivity index (χ4v) is 2.06. The molecule has 1 rings (SSSR count). The molecule has 0 fully saturated rings. The molecule has 1 aromatic heterocycles. The summed E-state index contributed by atoms with van der Waals surface area (Å²) in [6.45, 7) is 4.18. The Morgan fingerprint density at radius 1 is 1.67 bits per heavy atom. The maximum Gasteiger partial charge on any atom is 0.0943 e. The van der Waals surface area contributed by atoms with E-state index in [0.29, 0.717) is 6.04 Å². The van der Waals surface area contributed by atoms with Crippen LogP contribution < -0.4 is 5.73 Å². The molecule has 0 radical (unpaired) electrons. The molecule has 0 aromatic carbocycles. The summed E-state index contributed by atoms with van der Waals surface area (Å²) in [6.07, 6.45) is 3.19. The predicted molar refractivity (Wildman–Crippen MR) is 53.4 cm³/mol. The van der Waals surface area contributed by atoms with Gasteiger partial charge in [0.25, 0.3) is 0 Å². The van der Waals surface area contributed by atoms with Crippen molar-refractivity contribution in [1.82, 2.24) is 4.98 Å². The highest BCUT2D eigenvalue weighted by Crippen LogP contribution is 2.11. The highest BCUT2D eigenvalue weighted by atomic mass is 32.1. The summed E-state index contributed by atoms with van der Waals surface area (Å²) in [5.74, 6) is 0. The molecule has 1 atom stereocenters. The standard InChI is InChI=1S/C9H16N2S/c1-3-4-8(10)5-9-11-7(2)6-12-9/h6,8H,3-5,10H2,1-2H3. The largest absolute Gasteiger partial charge is 0.327 e. The molecule has 3 heteroatoms. The van der Waals surface area contributed by atoms with Crippen LogP contribution in [0.5, 0.6) is 0 Å². The first-order chi connectivity index (χ1) is 5.72. The third kappa shape index (κ3) is 2.91. The van der Waals surface area contributed by atoms with Crippen molar-refractivity contribution in [3.8, 4) is 0 Å². The van der Waals surface area contributed by atoms with E-state index >= 15 is 0 Å². The minimum atomic E-state index is 0.292. The van der Waals surface area contributed by atoms with E-state index in [1.54, 1.807) is 11.3 Å². The summed E-state index contributed by atoms with van der Waals surface area (Å²) in [5.41, 5.74) is 7.00. The van der Waals surface area contributed by atoms with Crippen molar-refractivity contribution in [2.24, 2.45) is 5.73 Å². The van der Waals surface area contributed by atoms with E-state index in [1.807, 2.05) is 6.92 Å². The highest BCUT2D eigenvalue weighted by Gasteiger charge is 2.05. The van der Waals surface area contributed by atoms with Gasteiger partial charge < -0.3 is 5.73 Å². The molecule has 0 saturated carbocycles. The fraction of sp³-hybridized carbons (Fsp3) is 0.667. The van der Waals surface area contributed by atoms with E-state index in [2.05, 4.69) is 17.3 Å². The zero-order chi connectivity index (χ0) is 8.97. The first-order valence-corrected chi connectivity index (χ1v) is 5.27. The number of nitrogens with zero attached hydrogens (tertiary/aromatic N) is 1. The number of thiazole rings is 1. The monoisotopic (exact) mass is 184 g/mol. The van der Waals surface area contributed by atoms with Gasteiger partial charge in [-0.05, 0) is 13.3 Å². The van der Waals surface area contributed by atoms with Gasteiger partial charge in [-0.3, -0.25) is 0 Å². The van der Waals surface area contributed by atoms with Gasteiger partial charge in [-0.1, -0.05) is 13.3 Å². The lowest BCUT2D eigenvalue weighted by Gasteiger charge is -2.06. The Balaban J connectivity index is 2.41. The molecular formula is C9H16N2S. The molecule has 1 heterocycles. The fourth-order valence-electron chi connectivity index (χ4n) is 1.19. The van der Waals surface area contributed by atoms with Crippen molar-refractivity contribution in [2.75, 3.05) is 0 Å². The predicted octanol–water partition coefficient (Wildman–Crippen LogP) is 2.12. The van der Waals surface area contributed by atoms with E-state index in [0.717, 1.165) is 25.0 Å². The Hall–Kier alpha value is -0.410. The summed E-state index contributed by atoms with van der Waals surface area (Å²) in [7, 11) is 0. The Morgan fingerprint density at radius 3 is 2.92 bits per heavy atom. The van der Waals surface area contributed by atoms with Gasteiger partial charge in [-0.2, -0.15) is 0 Å². The van der Waals surface area contributed by atoms with Gasteiger partial charge >= 0.3 is 0 Å². The van der Waals surface area contributed by atoms with Crippen LogP contribution in [-0.4, -0.2) is 11.0 Å². The van der Waals surface area contributed by atoms with Gasteiger partial charge in [-0.15, -0.1) is 11.3 Å². The minimum absolute atomic E-state index is 0.292. The lowest BCUT2D eigenvalue weighted by atomic mass is 10.1. The van der Waals surface area contributed by atoms with Crippen LogP contribution in [-0.2, 0) is 6.42 Å². The number of hydrogen-bond acceptors (Lipinski definition) is 3. The van der Waals surface area contributed by atoms with Crippen LogP contribution in [0.25, 0.3) is 0 Å². The third-order valence-electron chi connectivity index (χ3n) is 1.76. The van der Waals surface area contributed by atoms with Crippen molar-refractivity contribution in [3.63, 3.8) is 0 Å². The Bertz CT molecular complexity index is 232. The van der Waals surface area contributed by atoms with E-state index in [1.165, 1.54) is 5.01 Å². The summed E-state index contributed by atoms with van der Waals surface area (Å²) >= 11 is 1.71. The molecule has 68 valence electrons. The molecule has 0 saturated heterocycles. The zero-order valence-electron chi connectivity index (χ0n) is 7.71. The van der Waals surface area contributed by atoms with Crippen molar-refractivity contribution < 1.29 is 0 Å². The Kier molecular flexibility index (Phi) is 3.69. The van der Waals surface area contributed by atoms with Gasteiger partial charge in [0, 0.05) is 23.5 Å². The first kappa shape index (κ1) is 9.68. The van der Waals surface area contributed by atoms with Crippen LogP contribution in [0.3, 0.4) is 0 Å². The summed E-state index contributed by atoms with van der Waals surface area (Å²) in [6, 6.07) is 0.292. The van der Waals surface area contributed by atoms with Gasteiger partial charge in [0.05, 0.1) is 5.01 Å². The molecule has 0 aliphatic heterocycles. The number of nitrogens with two attached hydrogens (primary N) is 1. The topological polar surface area (TPSA) is 38.9 Å². The van der Waals surface area contributed by atoms with Crippen LogP contribution in [0.1, 0.15) is 30.5 Å². The second kappa shape index (κ2) is 4.58. The molecule has 1 aromatic rings. The Labute approximate surface area is 77.8 Å². The van der Waals surface area contributed by atoms with Crippen LogP contribution >= 0.6 is 11.3 Å². The molecule has 2 N–H and O–H groups in total. The lowest BCUT2D eigenvalue weighted by molar-refractivity contribution is 0.598. The quantitative estimate of drug-likeness (QED) is 0.778. The van der Waals surface area contributed by atoms with Crippen molar-refractivity contribution in [3.05, 3.63) is 16.1 Å². The second-order valence-electron chi connectivity index (χ2n) is 3.14. The smallest absolute Gasteiger partial charge is 0.0943 e. The number of aryl methyl sites for hydroxylation is 1. The molecule has 12 heavy (non-hydrogen) atoms.